The number of sulfone groups is 1. The predicted molar refractivity (Wildman–Crippen MR) is 87.6 cm³/mol. The summed E-state index contributed by atoms with van der Waals surface area (Å²) in [5.41, 5.74) is 0.645. The zero-order chi connectivity index (χ0) is 16.4. The van der Waals surface area contributed by atoms with E-state index in [1.807, 2.05) is 44.2 Å². The van der Waals surface area contributed by atoms with Gasteiger partial charge in [-0.2, -0.15) is 0 Å². The van der Waals surface area contributed by atoms with E-state index in [2.05, 4.69) is 5.32 Å². The number of hydrogen-bond acceptors (Lipinski definition) is 3. The maximum absolute atomic E-state index is 12.5. The molecule has 0 fully saturated rings. The summed E-state index contributed by atoms with van der Waals surface area (Å²) in [4.78, 5) is 12.7. The Kier molecular flexibility index (Phi) is 4.37. The molecule has 0 radical (unpaired) electrons. The van der Waals surface area contributed by atoms with Gasteiger partial charge in [0.1, 0.15) is 0 Å². The van der Waals surface area contributed by atoms with Crippen molar-refractivity contribution < 1.29 is 13.2 Å². The quantitative estimate of drug-likeness (QED) is 0.943. The molecule has 1 N–H and O–H groups in total. The summed E-state index contributed by atoms with van der Waals surface area (Å²) in [7, 11) is -3.30. The number of carbonyl (C=O) groups is 1. The zero-order valence-corrected chi connectivity index (χ0v) is 13.6. The van der Waals surface area contributed by atoms with Crippen molar-refractivity contribution in [2.45, 2.75) is 24.2 Å². The van der Waals surface area contributed by atoms with Gasteiger partial charge in [0.2, 0.25) is 5.91 Å². The van der Waals surface area contributed by atoms with Crippen LogP contribution in [0.3, 0.4) is 0 Å². The zero-order valence-electron chi connectivity index (χ0n) is 12.8. The van der Waals surface area contributed by atoms with Gasteiger partial charge in [0.25, 0.3) is 0 Å². The van der Waals surface area contributed by atoms with E-state index in [0.29, 0.717) is 5.69 Å². The Morgan fingerprint density at radius 3 is 2.23 bits per heavy atom. The Morgan fingerprint density at radius 1 is 1.00 bits per heavy atom. The lowest BCUT2D eigenvalue weighted by Gasteiger charge is -2.24. The van der Waals surface area contributed by atoms with Gasteiger partial charge in [-0.05, 0) is 37.6 Å². The van der Waals surface area contributed by atoms with Gasteiger partial charge in [-0.1, -0.05) is 36.4 Å². The molecule has 116 valence electrons. The van der Waals surface area contributed by atoms with E-state index in [-0.39, 0.29) is 10.8 Å². The van der Waals surface area contributed by atoms with Crippen molar-refractivity contribution in [3.63, 3.8) is 0 Å². The van der Waals surface area contributed by atoms with Crippen LogP contribution in [0.15, 0.2) is 59.5 Å². The summed E-state index contributed by atoms with van der Waals surface area (Å²) in [5, 5.41) is 2.79. The topological polar surface area (TPSA) is 63.2 Å². The van der Waals surface area contributed by atoms with E-state index in [1.54, 1.807) is 12.1 Å². The summed E-state index contributed by atoms with van der Waals surface area (Å²) in [6, 6.07) is 15.7. The van der Waals surface area contributed by atoms with Crippen molar-refractivity contribution >= 4 is 21.4 Å². The molecule has 1 amide bonds. The second-order valence-electron chi connectivity index (χ2n) is 5.75. The molecular weight excluding hydrogens is 298 g/mol. The van der Waals surface area contributed by atoms with Crippen LogP contribution in [-0.2, 0) is 20.0 Å². The molecule has 4 nitrogen and oxygen atoms in total. The van der Waals surface area contributed by atoms with E-state index in [0.717, 1.165) is 11.8 Å². The highest BCUT2D eigenvalue weighted by Crippen LogP contribution is 2.25. The van der Waals surface area contributed by atoms with Crippen LogP contribution in [0.5, 0.6) is 0 Å². The summed E-state index contributed by atoms with van der Waals surface area (Å²) < 4.78 is 23.2. The smallest absolute Gasteiger partial charge is 0.234 e. The Hall–Kier alpha value is -2.14. The van der Waals surface area contributed by atoms with Crippen molar-refractivity contribution in [2.75, 3.05) is 11.6 Å². The highest BCUT2D eigenvalue weighted by atomic mass is 32.2. The minimum Gasteiger partial charge on any atom is -0.325 e. The lowest BCUT2D eigenvalue weighted by atomic mass is 9.83. The number of nitrogens with one attached hydrogen (secondary N) is 1. The summed E-state index contributed by atoms with van der Waals surface area (Å²) >= 11 is 0. The molecule has 0 bridgehead atoms. The van der Waals surface area contributed by atoms with Crippen molar-refractivity contribution in [2.24, 2.45) is 0 Å². The molecule has 5 heteroatoms. The standard InChI is InChI=1S/C17H19NO3S/c1-17(2,13-8-5-4-6-9-13)16(19)18-14-10-7-11-15(12-14)22(3,20)21/h4-12H,1-3H3,(H,18,19). The third-order valence-electron chi connectivity index (χ3n) is 3.58. The van der Waals surface area contributed by atoms with Crippen LogP contribution < -0.4 is 5.32 Å². The first kappa shape index (κ1) is 16.2. The average molecular weight is 317 g/mol. The van der Waals surface area contributed by atoms with Gasteiger partial charge in [0, 0.05) is 11.9 Å². The maximum atomic E-state index is 12.5. The fraction of sp³-hybridized carbons (Fsp3) is 0.235. The number of hydrogen-bond donors (Lipinski definition) is 1. The summed E-state index contributed by atoms with van der Waals surface area (Å²) in [5.74, 6) is -0.190. The highest BCUT2D eigenvalue weighted by Gasteiger charge is 2.29. The highest BCUT2D eigenvalue weighted by molar-refractivity contribution is 7.90. The largest absolute Gasteiger partial charge is 0.325 e. The van der Waals surface area contributed by atoms with E-state index in [4.69, 9.17) is 0 Å². The van der Waals surface area contributed by atoms with Gasteiger partial charge in [-0.25, -0.2) is 8.42 Å². The van der Waals surface area contributed by atoms with E-state index in [1.165, 1.54) is 12.1 Å². The van der Waals surface area contributed by atoms with Crippen molar-refractivity contribution in [3.05, 3.63) is 60.2 Å². The second-order valence-corrected chi connectivity index (χ2v) is 7.76. The monoisotopic (exact) mass is 317 g/mol. The van der Waals surface area contributed by atoms with Crippen LogP contribution in [0, 0.1) is 0 Å². The average Bonchev–Trinajstić information content (AvgIpc) is 2.47. The molecular formula is C17H19NO3S. The lowest BCUT2D eigenvalue weighted by Crippen LogP contribution is -2.34. The summed E-state index contributed by atoms with van der Waals surface area (Å²) in [6.07, 6.45) is 1.14. The SMILES string of the molecule is CC(C)(C(=O)Nc1cccc(S(C)(=O)=O)c1)c1ccccc1. The molecule has 0 aliphatic heterocycles. The Balaban J connectivity index is 2.26. The van der Waals surface area contributed by atoms with Gasteiger partial charge in [0.05, 0.1) is 10.3 Å². The van der Waals surface area contributed by atoms with Gasteiger partial charge < -0.3 is 5.32 Å². The molecule has 0 saturated heterocycles. The molecule has 0 aliphatic carbocycles. The third kappa shape index (κ3) is 3.54. The van der Waals surface area contributed by atoms with Crippen molar-refractivity contribution in [1.29, 1.82) is 0 Å². The normalized spacial score (nSPS) is 12.0. The third-order valence-corrected chi connectivity index (χ3v) is 4.69. The van der Waals surface area contributed by atoms with Crippen LogP contribution in [-0.4, -0.2) is 20.6 Å². The Labute approximate surface area is 131 Å². The predicted octanol–water partition coefficient (Wildman–Crippen LogP) is 3.01. The number of rotatable bonds is 4. The first-order valence-electron chi connectivity index (χ1n) is 6.88. The number of amides is 1. The Bertz CT molecular complexity index is 781. The lowest BCUT2D eigenvalue weighted by molar-refractivity contribution is -0.120. The van der Waals surface area contributed by atoms with E-state index in [9.17, 15) is 13.2 Å². The van der Waals surface area contributed by atoms with Crippen LogP contribution in [0.1, 0.15) is 19.4 Å². The molecule has 0 atom stereocenters. The number of anilines is 1. The molecule has 0 aromatic heterocycles. The van der Waals surface area contributed by atoms with Crippen LogP contribution in [0.2, 0.25) is 0 Å². The molecule has 0 saturated carbocycles. The molecule has 2 aromatic rings. The molecule has 2 aromatic carbocycles. The van der Waals surface area contributed by atoms with Gasteiger partial charge in [0.15, 0.2) is 9.84 Å². The first-order chi connectivity index (χ1) is 10.2. The van der Waals surface area contributed by atoms with E-state index >= 15 is 0 Å². The summed E-state index contributed by atoms with van der Waals surface area (Å²) in [6.45, 7) is 3.66. The first-order valence-corrected chi connectivity index (χ1v) is 8.77. The van der Waals surface area contributed by atoms with Crippen LogP contribution >= 0.6 is 0 Å². The number of carbonyl (C=O) groups excluding carboxylic acids is 1. The molecule has 2 rings (SSSR count). The van der Waals surface area contributed by atoms with Crippen molar-refractivity contribution in [1.82, 2.24) is 0 Å². The molecule has 0 unspecified atom stereocenters. The molecule has 0 heterocycles. The van der Waals surface area contributed by atoms with Crippen molar-refractivity contribution in [3.8, 4) is 0 Å². The fourth-order valence-electron chi connectivity index (χ4n) is 2.08. The maximum Gasteiger partial charge on any atom is 0.234 e. The Morgan fingerprint density at radius 2 is 1.64 bits per heavy atom. The van der Waals surface area contributed by atoms with Gasteiger partial charge in [-0.3, -0.25) is 4.79 Å². The second kappa shape index (κ2) is 5.93. The van der Waals surface area contributed by atoms with E-state index < -0.39 is 15.3 Å². The minimum atomic E-state index is -3.30. The van der Waals surface area contributed by atoms with Crippen LogP contribution in [0.25, 0.3) is 0 Å². The van der Waals surface area contributed by atoms with Gasteiger partial charge in [-0.15, -0.1) is 0 Å². The fourth-order valence-corrected chi connectivity index (χ4v) is 2.74. The minimum absolute atomic E-state index is 0.183. The molecule has 0 spiro atoms. The molecule has 0 aliphatic rings. The van der Waals surface area contributed by atoms with Gasteiger partial charge >= 0.3 is 0 Å². The molecule has 22 heavy (non-hydrogen) atoms. The number of benzene rings is 2. The van der Waals surface area contributed by atoms with Crippen LogP contribution in [0.4, 0.5) is 5.69 Å².